The normalized spacial score (nSPS) is 9.94. The van der Waals surface area contributed by atoms with Gasteiger partial charge in [-0.3, -0.25) is 0 Å². The zero-order chi connectivity index (χ0) is 12.5. The van der Waals surface area contributed by atoms with Crippen LogP contribution in [0.4, 0.5) is 5.69 Å². The second-order valence-corrected chi connectivity index (χ2v) is 4.60. The third-order valence-corrected chi connectivity index (χ3v) is 3.18. The molecule has 0 aliphatic carbocycles. The smallest absolute Gasteiger partial charge is 0.0744 e. The third kappa shape index (κ3) is 4.76. The van der Waals surface area contributed by atoms with Crippen molar-refractivity contribution in [3.63, 3.8) is 0 Å². The van der Waals surface area contributed by atoms with Crippen LogP contribution < -0.4 is 5.32 Å². The summed E-state index contributed by atoms with van der Waals surface area (Å²) in [7, 11) is 1.69. The fourth-order valence-corrected chi connectivity index (χ4v) is 2.05. The summed E-state index contributed by atoms with van der Waals surface area (Å²) in [6, 6.07) is 8.21. The van der Waals surface area contributed by atoms with Crippen LogP contribution in [0.5, 0.6) is 0 Å². The molecule has 0 radical (unpaired) electrons. The molecule has 3 nitrogen and oxygen atoms in total. The van der Waals surface area contributed by atoms with Crippen LogP contribution in [0, 0.1) is 11.3 Å². The molecule has 0 fully saturated rings. The molecule has 0 bridgehead atoms. The molecule has 0 aromatic heterocycles. The molecular formula is C13H17BrN2O. The van der Waals surface area contributed by atoms with Gasteiger partial charge >= 0.3 is 0 Å². The summed E-state index contributed by atoms with van der Waals surface area (Å²) in [5.74, 6) is 0. The number of nitrogens with zero attached hydrogens (tertiary/aromatic N) is 1. The maximum atomic E-state index is 8.44. The van der Waals surface area contributed by atoms with E-state index in [1.165, 1.54) is 0 Å². The molecule has 4 heteroatoms. The summed E-state index contributed by atoms with van der Waals surface area (Å²) in [4.78, 5) is 0. The van der Waals surface area contributed by atoms with Gasteiger partial charge in [0.1, 0.15) is 0 Å². The minimum absolute atomic E-state index is 0.585. The van der Waals surface area contributed by atoms with E-state index in [0.29, 0.717) is 13.0 Å². The Balaban J connectivity index is 2.52. The first kappa shape index (κ1) is 14.0. The van der Waals surface area contributed by atoms with Gasteiger partial charge in [-0.05, 0) is 25.0 Å². The second-order valence-electron chi connectivity index (χ2n) is 3.74. The van der Waals surface area contributed by atoms with E-state index in [1.54, 1.807) is 7.11 Å². The first-order chi connectivity index (χ1) is 8.29. The highest BCUT2D eigenvalue weighted by molar-refractivity contribution is 9.10. The molecule has 1 aromatic carbocycles. The van der Waals surface area contributed by atoms with E-state index in [-0.39, 0.29) is 0 Å². The molecule has 0 heterocycles. The van der Waals surface area contributed by atoms with Crippen molar-refractivity contribution in [1.29, 1.82) is 5.26 Å². The van der Waals surface area contributed by atoms with Crippen molar-refractivity contribution in [1.82, 2.24) is 0 Å². The molecular weight excluding hydrogens is 280 g/mol. The molecule has 0 amide bonds. The van der Waals surface area contributed by atoms with E-state index in [1.807, 2.05) is 18.2 Å². The summed E-state index contributed by atoms with van der Waals surface area (Å²) in [5, 5.41) is 11.8. The van der Waals surface area contributed by atoms with Gasteiger partial charge in [-0.25, -0.2) is 0 Å². The highest BCUT2D eigenvalue weighted by Crippen LogP contribution is 2.25. The predicted molar refractivity (Wildman–Crippen MR) is 72.8 cm³/mol. The molecule has 0 unspecified atom stereocenters. The Morgan fingerprint density at radius 3 is 2.94 bits per heavy atom. The SMILES string of the molecule is COCc1c(Br)cccc1NCCCCC#N. The molecule has 92 valence electrons. The second kappa shape index (κ2) is 8.10. The highest BCUT2D eigenvalue weighted by atomic mass is 79.9. The van der Waals surface area contributed by atoms with Crippen molar-refractivity contribution < 1.29 is 4.74 Å². The van der Waals surface area contributed by atoms with E-state index >= 15 is 0 Å². The summed E-state index contributed by atoms with van der Waals surface area (Å²) in [6.45, 7) is 1.47. The zero-order valence-electron chi connectivity index (χ0n) is 10.0. The molecule has 0 aliphatic heterocycles. The number of halogens is 1. The van der Waals surface area contributed by atoms with Crippen LogP contribution in [0.1, 0.15) is 24.8 Å². The van der Waals surface area contributed by atoms with Crippen molar-refractivity contribution in [3.8, 4) is 6.07 Å². The number of ether oxygens (including phenoxy) is 1. The molecule has 0 saturated carbocycles. The van der Waals surface area contributed by atoms with Crippen molar-refractivity contribution in [2.24, 2.45) is 0 Å². The lowest BCUT2D eigenvalue weighted by atomic mass is 10.2. The molecule has 0 atom stereocenters. The lowest BCUT2D eigenvalue weighted by molar-refractivity contribution is 0.185. The van der Waals surface area contributed by atoms with Gasteiger partial charge in [0, 0.05) is 35.8 Å². The predicted octanol–water partition coefficient (Wildman–Crippen LogP) is 3.70. The third-order valence-electron chi connectivity index (χ3n) is 2.44. The maximum absolute atomic E-state index is 8.44. The van der Waals surface area contributed by atoms with Gasteiger partial charge in [-0.15, -0.1) is 0 Å². The molecule has 17 heavy (non-hydrogen) atoms. The Kier molecular flexibility index (Phi) is 6.68. The van der Waals surface area contributed by atoms with Crippen molar-refractivity contribution in [3.05, 3.63) is 28.2 Å². The monoisotopic (exact) mass is 296 g/mol. The van der Waals surface area contributed by atoms with Crippen LogP contribution in [0.3, 0.4) is 0 Å². The number of rotatable bonds is 7. The van der Waals surface area contributed by atoms with Crippen molar-refractivity contribution >= 4 is 21.6 Å². The van der Waals surface area contributed by atoms with Crippen LogP contribution >= 0.6 is 15.9 Å². The first-order valence-electron chi connectivity index (χ1n) is 5.66. The number of unbranched alkanes of at least 4 members (excludes halogenated alkanes) is 2. The zero-order valence-corrected chi connectivity index (χ0v) is 11.6. The van der Waals surface area contributed by atoms with Crippen LogP contribution in [-0.2, 0) is 11.3 Å². The summed E-state index contributed by atoms with van der Waals surface area (Å²) in [6.07, 6.45) is 2.58. The van der Waals surface area contributed by atoms with E-state index in [2.05, 4.69) is 27.3 Å². The highest BCUT2D eigenvalue weighted by Gasteiger charge is 2.05. The van der Waals surface area contributed by atoms with Crippen LogP contribution in [0.2, 0.25) is 0 Å². The molecule has 1 N–H and O–H groups in total. The number of hydrogen-bond acceptors (Lipinski definition) is 3. The summed E-state index contributed by atoms with van der Waals surface area (Å²) in [5.41, 5.74) is 2.23. The minimum atomic E-state index is 0.585. The molecule has 0 spiro atoms. The van der Waals surface area contributed by atoms with E-state index in [0.717, 1.165) is 35.1 Å². The number of benzene rings is 1. The fraction of sp³-hybridized carbons (Fsp3) is 0.462. The largest absolute Gasteiger partial charge is 0.385 e. The van der Waals surface area contributed by atoms with E-state index in [4.69, 9.17) is 10.00 Å². The average Bonchev–Trinajstić information content (AvgIpc) is 2.33. The Labute approximate surface area is 111 Å². The van der Waals surface area contributed by atoms with Gasteiger partial charge < -0.3 is 10.1 Å². The standard InChI is InChI=1S/C13H17BrN2O/c1-17-10-11-12(14)6-5-7-13(11)16-9-4-2-3-8-15/h5-7,16H,2-4,9-10H2,1H3. The molecule has 0 aliphatic rings. The van der Waals surface area contributed by atoms with Gasteiger partial charge in [0.05, 0.1) is 12.7 Å². The maximum Gasteiger partial charge on any atom is 0.0744 e. The van der Waals surface area contributed by atoms with Gasteiger partial charge in [-0.2, -0.15) is 5.26 Å². The molecule has 1 aromatic rings. The van der Waals surface area contributed by atoms with Crippen LogP contribution in [0.15, 0.2) is 22.7 Å². The Morgan fingerprint density at radius 1 is 1.41 bits per heavy atom. The summed E-state index contributed by atoms with van der Waals surface area (Å²) >= 11 is 3.52. The lowest BCUT2D eigenvalue weighted by Crippen LogP contribution is -2.05. The van der Waals surface area contributed by atoms with Crippen molar-refractivity contribution in [2.75, 3.05) is 19.0 Å². The number of methoxy groups -OCH3 is 1. The van der Waals surface area contributed by atoms with Gasteiger partial charge in [-0.1, -0.05) is 22.0 Å². The number of hydrogen-bond donors (Lipinski definition) is 1. The Bertz CT molecular complexity index is 387. The lowest BCUT2D eigenvalue weighted by Gasteiger charge is -2.12. The number of nitriles is 1. The van der Waals surface area contributed by atoms with Gasteiger partial charge in [0.25, 0.3) is 0 Å². The Hall–Kier alpha value is -1.05. The summed E-state index contributed by atoms with van der Waals surface area (Å²) < 4.78 is 6.24. The number of nitrogens with one attached hydrogen (secondary N) is 1. The van der Waals surface area contributed by atoms with Gasteiger partial charge in [0.15, 0.2) is 0 Å². The molecule has 1 rings (SSSR count). The average molecular weight is 297 g/mol. The first-order valence-corrected chi connectivity index (χ1v) is 6.46. The van der Waals surface area contributed by atoms with E-state index in [9.17, 15) is 0 Å². The van der Waals surface area contributed by atoms with Crippen LogP contribution in [-0.4, -0.2) is 13.7 Å². The fourth-order valence-electron chi connectivity index (χ4n) is 1.57. The minimum Gasteiger partial charge on any atom is -0.385 e. The molecule has 0 saturated heterocycles. The van der Waals surface area contributed by atoms with Gasteiger partial charge in [0.2, 0.25) is 0 Å². The number of anilines is 1. The van der Waals surface area contributed by atoms with Crippen molar-refractivity contribution in [2.45, 2.75) is 25.9 Å². The topological polar surface area (TPSA) is 45.0 Å². The van der Waals surface area contributed by atoms with Crippen LogP contribution in [0.25, 0.3) is 0 Å². The van der Waals surface area contributed by atoms with E-state index < -0.39 is 0 Å². The Morgan fingerprint density at radius 2 is 2.24 bits per heavy atom. The quantitative estimate of drug-likeness (QED) is 0.780.